The predicted molar refractivity (Wildman–Crippen MR) is 298 cm³/mol. The first kappa shape index (κ1) is 68.0. The van der Waals surface area contributed by atoms with Crippen LogP contribution in [0.4, 0.5) is 0 Å². The van der Waals surface area contributed by atoms with Gasteiger partial charge in [-0.25, -0.2) is 9.36 Å². The van der Waals surface area contributed by atoms with Crippen LogP contribution in [0.5, 0.6) is 0 Å². The standard InChI is InChI=1S/C60H112NO8P/c1-6-8-10-12-14-16-18-20-22-24-25-26-27-28-29-30-31-32-33-34-35-37-38-40-42-44-46-48-50-52-59(62)66-56-58(57-68-70(64,65)67-55-54-61(3,4)5)69-60(63)53-51-49-47-45-43-41-39-36-23-21-19-17-15-13-11-9-7-2/h39,41,43,45,47,49,51,53,58H,6-38,40,42,44,46,48,50,52,54-57H2,1-5H3/p+1/b41-39-,45-43-,49-47-,53-51+/t58-/m1/s1. The Labute approximate surface area is 433 Å². The lowest BCUT2D eigenvalue weighted by Gasteiger charge is -2.24. The number of allylic oxidation sites excluding steroid dienone is 7. The Hall–Kier alpha value is -2.03. The second-order valence-electron chi connectivity index (χ2n) is 21.2. The van der Waals surface area contributed by atoms with Gasteiger partial charge in [0.15, 0.2) is 6.10 Å². The number of quaternary nitrogens is 1. The van der Waals surface area contributed by atoms with E-state index in [0.717, 1.165) is 25.7 Å². The Balaban J connectivity index is 4.15. The molecular weight excluding hydrogens is 894 g/mol. The van der Waals surface area contributed by atoms with E-state index < -0.39 is 32.5 Å². The minimum Gasteiger partial charge on any atom is -0.462 e. The quantitative estimate of drug-likeness (QED) is 0.0160. The molecule has 10 heteroatoms. The van der Waals surface area contributed by atoms with Gasteiger partial charge < -0.3 is 18.9 Å². The second kappa shape index (κ2) is 51.9. The van der Waals surface area contributed by atoms with Gasteiger partial charge >= 0.3 is 19.8 Å². The molecule has 0 aliphatic carbocycles. The first-order chi connectivity index (χ1) is 34.0. The van der Waals surface area contributed by atoms with Gasteiger partial charge in [-0.2, -0.15) is 0 Å². The molecule has 1 unspecified atom stereocenters. The minimum atomic E-state index is -4.42. The lowest BCUT2D eigenvalue weighted by atomic mass is 10.0. The number of unbranched alkanes of at least 4 members (excludes halogenated alkanes) is 37. The molecule has 1 N–H and O–H groups in total. The van der Waals surface area contributed by atoms with Crippen LogP contribution < -0.4 is 0 Å². The number of ether oxygens (including phenoxy) is 2. The highest BCUT2D eigenvalue weighted by atomic mass is 31.2. The van der Waals surface area contributed by atoms with Crippen molar-refractivity contribution in [2.75, 3.05) is 47.5 Å². The maximum Gasteiger partial charge on any atom is 0.472 e. The number of nitrogens with zero attached hydrogens (tertiary/aromatic N) is 1. The number of hydrogen-bond acceptors (Lipinski definition) is 7. The molecule has 2 atom stereocenters. The van der Waals surface area contributed by atoms with Crippen LogP contribution in [0.3, 0.4) is 0 Å². The van der Waals surface area contributed by atoms with Crippen molar-refractivity contribution in [1.82, 2.24) is 0 Å². The van der Waals surface area contributed by atoms with E-state index in [1.807, 2.05) is 45.4 Å². The zero-order valence-electron chi connectivity index (χ0n) is 46.5. The van der Waals surface area contributed by atoms with Crippen LogP contribution in [-0.4, -0.2) is 74.9 Å². The number of phosphoric ester groups is 1. The fourth-order valence-corrected chi connectivity index (χ4v) is 9.22. The Morgan fingerprint density at radius 1 is 0.471 bits per heavy atom. The van der Waals surface area contributed by atoms with E-state index in [0.29, 0.717) is 11.0 Å². The van der Waals surface area contributed by atoms with Crippen LogP contribution >= 0.6 is 7.82 Å². The van der Waals surface area contributed by atoms with Gasteiger partial charge in [-0.15, -0.1) is 0 Å². The van der Waals surface area contributed by atoms with Crippen molar-refractivity contribution < 1.29 is 42.1 Å². The number of hydrogen-bond donors (Lipinski definition) is 1. The molecular formula is C60H113NO8P+. The number of esters is 2. The van der Waals surface area contributed by atoms with E-state index in [2.05, 4.69) is 19.9 Å². The summed E-state index contributed by atoms with van der Waals surface area (Å²) in [5.74, 6) is -1.08. The summed E-state index contributed by atoms with van der Waals surface area (Å²) in [6.45, 7) is 4.30. The lowest BCUT2D eigenvalue weighted by Crippen LogP contribution is -2.37. The van der Waals surface area contributed by atoms with E-state index in [1.54, 1.807) is 12.2 Å². The third kappa shape index (κ3) is 55.3. The van der Waals surface area contributed by atoms with Gasteiger partial charge in [0.2, 0.25) is 0 Å². The molecule has 0 aromatic carbocycles. The summed E-state index contributed by atoms with van der Waals surface area (Å²) < 4.78 is 34.3. The molecule has 70 heavy (non-hydrogen) atoms. The predicted octanol–water partition coefficient (Wildman–Crippen LogP) is 18.1. The highest BCUT2D eigenvalue weighted by molar-refractivity contribution is 7.47. The third-order valence-electron chi connectivity index (χ3n) is 13.0. The highest BCUT2D eigenvalue weighted by Crippen LogP contribution is 2.43. The first-order valence-electron chi connectivity index (χ1n) is 29.4. The number of phosphoric acid groups is 1. The number of rotatable bonds is 54. The number of likely N-dealkylation sites (N-methyl/N-ethyl adjacent to an activating group) is 1. The van der Waals surface area contributed by atoms with Crippen molar-refractivity contribution in [3.05, 3.63) is 48.6 Å². The molecule has 0 aromatic rings. The molecule has 0 aliphatic rings. The molecule has 0 aliphatic heterocycles. The molecule has 410 valence electrons. The average Bonchev–Trinajstić information content (AvgIpc) is 3.32. The Morgan fingerprint density at radius 2 is 0.829 bits per heavy atom. The summed E-state index contributed by atoms with van der Waals surface area (Å²) in [6.07, 6.45) is 65.6. The van der Waals surface area contributed by atoms with Crippen LogP contribution in [0.1, 0.15) is 271 Å². The SMILES string of the molecule is CCCCCCCCCCC\C=C/C=C\C=C/C=C/C(=O)O[C@H](COC(=O)CCCCCCCCCCCCCCCCCCCCCCCCCCCCCCC)COP(=O)(O)OCC[N+](C)(C)C. The molecule has 0 aromatic heterocycles. The van der Waals surface area contributed by atoms with E-state index >= 15 is 0 Å². The normalized spacial score (nSPS) is 13.6. The maximum atomic E-state index is 12.6. The zero-order valence-corrected chi connectivity index (χ0v) is 47.4. The Kier molecular flexibility index (Phi) is 50.4. The fraction of sp³-hybridized carbons (Fsp3) is 0.833. The summed E-state index contributed by atoms with van der Waals surface area (Å²) >= 11 is 0. The fourth-order valence-electron chi connectivity index (χ4n) is 8.48. The minimum absolute atomic E-state index is 0.00895. The topological polar surface area (TPSA) is 108 Å². The van der Waals surface area contributed by atoms with Crippen molar-refractivity contribution in [1.29, 1.82) is 0 Å². The smallest absolute Gasteiger partial charge is 0.462 e. The largest absolute Gasteiger partial charge is 0.472 e. The molecule has 0 bridgehead atoms. The Bertz CT molecular complexity index is 1320. The molecule has 0 fully saturated rings. The number of carbonyl (C=O) groups excluding carboxylic acids is 2. The molecule has 0 radical (unpaired) electrons. The van der Waals surface area contributed by atoms with Gasteiger partial charge in [0.25, 0.3) is 0 Å². The van der Waals surface area contributed by atoms with Gasteiger partial charge in [-0.05, 0) is 19.3 Å². The van der Waals surface area contributed by atoms with E-state index in [1.165, 1.54) is 231 Å². The molecule has 0 rings (SSSR count). The molecule has 0 spiro atoms. The van der Waals surface area contributed by atoms with Crippen LogP contribution in [0.15, 0.2) is 48.6 Å². The number of carbonyl (C=O) groups is 2. The summed E-state index contributed by atoms with van der Waals surface area (Å²) in [5.41, 5.74) is 0. The van der Waals surface area contributed by atoms with Crippen LogP contribution in [0.25, 0.3) is 0 Å². The van der Waals surface area contributed by atoms with Crippen molar-refractivity contribution in [3.8, 4) is 0 Å². The van der Waals surface area contributed by atoms with Crippen molar-refractivity contribution in [2.24, 2.45) is 0 Å². The molecule has 0 heterocycles. The van der Waals surface area contributed by atoms with E-state index in [-0.39, 0.29) is 19.6 Å². The van der Waals surface area contributed by atoms with Gasteiger partial charge in [-0.1, -0.05) is 288 Å². The molecule has 0 saturated carbocycles. The van der Waals surface area contributed by atoms with E-state index in [4.69, 9.17) is 18.5 Å². The van der Waals surface area contributed by atoms with Crippen LogP contribution in [0, 0.1) is 0 Å². The summed E-state index contributed by atoms with van der Waals surface area (Å²) in [6, 6.07) is 0. The molecule has 9 nitrogen and oxygen atoms in total. The van der Waals surface area contributed by atoms with Crippen molar-refractivity contribution in [3.63, 3.8) is 0 Å². The van der Waals surface area contributed by atoms with Crippen LogP contribution in [0.2, 0.25) is 0 Å². The van der Waals surface area contributed by atoms with E-state index in [9.17, 15) is 19.0 Å². The first-order valence-corrected chi connectivity index (χ1v) is 30.9. The summed E-state index contributed by atoms with van der Waals surface area (Å²) in [7, 11) is 1.41. The monoisotopic (exact) mass is 1010 g/mol. The van der Waals surface area contributed by atoms with Gasteiger partial charge in [0, 0.05) is 12.5 Å². The van der Waals surface area contributed by atoms with Crippen molar-refractivity contribution in [2.45, 2.75) is 277 Å². The summed E-state index contributed by atoms with van der Waals surface area (Å²) in [5, 5.41) is 0. The van der Waals surface area contributed by atoms with Gasteiger partial charge in [0.1, 0.15) is 19.8 Å². The highest BCUT2D eigenvalue weighted by Gasteiger charge is 2.26. The van der Waals surface area contributed by atoms with Gasteiger partial charge in [0.05, 0.1) is 27.7 Å². The molecule has 0 saturated heterocycles. The van der Waals surface area contributed by atoms with Crippen molar-refractivity contribution >= 4 is 19.8 Å². The maximum absolute atomic E-state index is 12.6. The second-order valence-corrected chi connectivity index (χ2v) is 22.6. The summed E-state index contributed by atoms with van der Waals surface area (Å²) in [4.78, 5) is 35.5. The zero-order chi connectivity index (χ0) is 51.3. The van der Waals surface area contributed by atoms with Crippen LogP contribution in [-0.2, 0) is 32.7 Å². The molecule has 0 amide bonds. The average molecular weight is 1010 g/mol. The van der Waals surface area contributed by atoms with Gasteiger partial charge in [-0.3, -0.25) is 13.8 Å². The Morgan fingerprint density at radius 3 is 1.23 bits per heavy atom. The third-order valence-corrected chi connectivity index (χ3v) is 14.0. The lowest BCUT2D eigenvalue weighted by molar-refractivity contribution is -0.870.